The van der Waals surface area contributed by atoms with Gasteiger partial charge in [0.15, 0.2) is 12.4 Å². The number of cyclic esters (lactones) is 1. The zero-order chi connectivity index (χ0) is 13.8. The summed E-state index contributed by atoms with van der Waals surface area (Å²) in [5.41, 5.74) is 0.687. The number of carbonyl (C=O) groups excluding carboxylic acids is 1. The fourth-order valence-electron chi connectivity index (χ4n) is 1.61. The Kier molecular flexibility index (Phi) is 4.26. The van der Waals surface area contributed by atoms with Crippen molar-refractivity contribution in [3.8, 4) is 0 Å². The average molecular weight is 290 g/mol. The van der Waals surface area contributed by atoms with E-state index in [0.29, 0.717) is 10.7 Å². The Morgan fingerprint density at radius 1 is 1.47 bits per heavy atom. The Bertz CT molecular complexity index is 493. The zero-order valence-corrected chi connectivity index (χ0v) is 10.5. The van der Waals surface area contributed by atoms with E-state index in [0.717, 1.165) is 0 Å². The Morgan fingerprint density at radius 3 is 2.79 bits per heavy atom. The summed E-state index contributed by atoms with van der Waals surface area (Å²) in [6.07, 6.45) is -1.82. The van der Waals surface area contributed by atoms with Gasteiger partial charge in [0, 0.05) is 12.7 Å². The van der Waals surface area contributed by atoms with E-state index in [9.17, 15) is 13.6 Å². The molecule has 0 saturated heterocycles. The molecular formula is C11H10ClF2N3O2. The quantitative estimate of drug-likeness (QED) is 0.799. The molecule has 0 fully saturated rings. The molecule has 102 valence electrons. The molecule has 1 amide bonds. The number of pyridine rings is 1. The van der Waals surface area contributed by atoms with Crippen molar-refractivity contribution in [3.05, 3.63) is 29.0 Å². The number of halogens is 3. The van der Waals surface area contributed by atoms with Crippen molar-refractivity contribution in [1.29, 1.82) is 0 Å². The third-order valence-corrected chi connectivity index (χ3v) is 2.65. The molecule has 8 heteroatoms. The Hall–Kier alpha value is -1.76. The molecule has 5 nitrogen and oxygen atoms in total. The number of amides is 1. The molecule has 0 bridgehead atoms. The molecule has 0 aromatic carbocycles. The number of carbonyl (C=O) groups is 1. The van der Waals surface area contributed by atoms with Crippen LogP contribution in [0.2, 0.25) is 5.15 Å². The molecular weight excluding hydrogens is 280 g/mol. The number of aliphatic imine (C=N–C) groups is 1. The van der Waals surface area contributed by atoms with E-state index in [1.165, 1.54) is 11.1 Å². The SMILES string of the molecule is O=C1N=C(N(Cc2ccc(Cl)nc2)CC(F)F)CO1. The molecule has 1 aromatic rings. The number of alkyl halides is 2. The van der Waals surface area contributed by atoms with Gasteiger partial charge in [-0.25, -0.2) is 18.6 Å². The van der Waals surface area contributed by atoms with Gasteiger partial charge in [-0.05, 0) is 11.6 Å². The van der Waals surface area contributed by atoms with Gasteiger partial charge in [0.25, 0.3) is 6.43 Å². The standard InChI is InChI=1S/C11H10ClF2N3O2/c12-8-2-1-7(3-15-8)4-17(5-9(13)14)10-6-19-11(18)16-10/h1-3,9H,4-6H2. The Morgan fingerprint density at radius 2 is 2.26 bits per heavy atom. The van der Waals surface area contributed by atoms with E-state index in [2.05, 4.69) is 14.7 Å². The number of aromatic nitrogens is 1. The first-order valence-corrected chi connectivity index (χ1v) is 5.80. The fraction of sp³-hybridized carbons (Fsp3) is 0.364. The number of ether oxygens (including phenoxy) is 1. The lowest BCUT2D eigenvalue weighted by molar-refractivity contribution is 0.112. The van der Waals surface area contributed by atoms with Crippen LogP contribution in [-0.4, -0.2) is 41.4 Å². The van der Waals surface area contributed by atoms with Crippen LogP contribution >= 0.6 is 11.6 Å². The van der Waals surface area contributed by atoms with Gasteiger partial charge in [0.1, 0.15) is 5.15 Å². The topological polar surface area (TPSA) is 54.8 Å². The van der Waals surface area contributed by atoms with Crippen molar-refractivity contribution >= 4 is 23.5 Å². The maximum Gasteiger partial charge on any atom is 0.435 e. The summed E-state index contributed by atoms with van der Waals surface area (Å²) in [6.45, 7) is -0.464. The van der Waals surface area contributed by atoms with Crippen molar-refractivity contribution in [2.75, 3.05) is 13.2 Å². The van der Waals surface area contributed by atoms with Crippen molar-refractivity contribution in [3.63, 3.8) is 0 Å². The maximum absolute atomic E-state index is 12.5. The highest BCUT2D eigenvalue weighted by Gasteiger charge is 2.23. The van der Waals surface area contributed by atoms with Crippen LogP contribution in [0.25, 0.3) is 0 Å². The molecule has 0 radical (unpaired) electrons. The van der Waals surface area contributed by atoms with Gasteiger partial charge >= 0.3 is 6.09 Å². The minimum Gasteiger partial charge on any atom is -0.440 e. The van der Waals surface area contributed by atoms with E-state index in [-0.39, 0.29) is 19.0 Å². The second-order valence-corrected chi connectivity index (χ2v) is 4.23. The molecule has 0 aliphatic carbocycles. The van der Waals surface area contributed by atoms with Gasteiger partial charge in [-0.15, -0.1) is 0 Å². The van der Waals surface area contributed by atoms with Gasteiger partial charge in [-0.3, -0.25) is 0 Å². The minimum absolute atomic E-state index is 0.0907. The van der Waals surface area contributed by atoms with Crippen LogP contribution in [0.5, 0.6) is 0 Å². The van der Waals surface area contributed by atoms with Gasteiger partial charge < -0.3 is 9.64 Å². The highest BCUT2D eigenvalue weighted by molar-refractivity contribution is 6.29. The molecule has 0 N–H and O–H groups in total. The van der Waals surface area contributed by atoms with Crippen LogP contribution in [0, 0.1) is 0 Å². The summed E-state index contributed by atoms with van der Waals surface area (Å²) in [5.74, 6) is 0.195. The first-order chi connectivity index (χ1) is 9.04. The molecule has 1 aliphatic rings. The molecule has 0 unspecified atom stereocenters. The summed E-state index contributed by atoms with van der Waals surface area (Å²) in [5, 5.41) is 0.320. The molecule has 0 spiro atoms. The molecule has 2 heterocycles. The lowest BCUT2D eigenvalue weighted by atomic mass is 10.2. The van der Waals surface area contributed by atoms with Crippen LogP contribution in [0.1, 0.15) is 5.56 Å². The molecule has 1 aliphatic heterocycles. The first kappa shape index (κ1) is 13.7. The summed E-state index contributed by atoms with van der Waals surface area (Å²) < 4.78 is 29.7. The van der Waals surface area contributed by atoms with Crippen LogP contribution in [0.3, 0.4) is 0 Å². The van der Waals surface area contributed by atoms with Crippen molar-refractivity contribution in [2.45, 2.75) is 13.0 Å². The third kappa shape index (κ3) is 3.85. The molecule has 0 saturated carbocycles. The highest BCUT2D eigenvalue weighted by Crippen LogP contribution is 2.12. The van der Waals surface area contributed by atoms with E-state index < -0.39 is 19.1 Å². The first-order valence-electron chi connectivity index (χ1n) is 5.42. The van der Waals surface area contributed by atoms with Gasteiger partial charge in [0.05, 0.1) is 6.54 Å². The minimum atomic E-state index is -2.54. The van der Waals surface area contributed by atoms with E-state index in [1.807, 2.05) is 0 Å². The summed E-state index contributed by atoms with van der Waals surface area (Å²) in [7, 11) is 0. The number of hydrogen-bond donors (Lipinski definition) is 0. The van der Waals surface area contributed by atoms with Crippen LogP contribution in [-0.2, 0) is 11.3 Å². The van der Waals surface area contributed by atoms with E-state index in [4.69, 9.17) is 11.6 Å². The Balaban J connectivity index is 2.11. The van der Waals surface area contributed by atoms with Crippen molar-refractivity contribution in [2.24, 2.45) is 4.99 Å². The highest BCUT2D eigenvalue weighted by atomic mass is 35.5. The van der Waals surface area contributed by atoms with Gasteiger partial charge in [-0.2, -0.15) is 4.99 Å². The number of hydrogen-bond acceptors (Lipinski definition) is 4. The van der Waals surface area contributed by atoms with E-state index in [1.54, 1.807) is 12.1 Å². The number of nitrogens with zero attached hydrogens (tertiary/aromatic N) is 3. The van der Waals surface area contributed by atoms with Crippen LogP contribution in [0.4, 0.5) is 13.6 Å². The number of amidine groups is 1. The second kappa shape index (κ2) is 5.92. The predicted molar refractivity (Wildman–Crippen MR) is 64.4 cm³/mol. The van der Waals surface area contributed by atoms with Crippen molar-refractivity contribution in [1.82, 2.24) is 9.88 Å². The molecule has 1 aromatic heterocycles. The Labute approximate surface area is 112 Å². The maximum atomic E-state index is 12.5. The summed E-state index contributed by atoms with van der Waals surface area (Å²) in [6, 6.07) is 3.24. The van der Waals surface area contributed by atoms with Gasteiger partial charge in [0.2, 0.25) is 0 Å². The van der Waals surface area contributed by atoms with Gasteiger partial charge in [-0.1, -0.05) is 17.7 Å². The smallest absolute Gasteiger partial charge is 0.435 e. The third-order valence-electron chi connectivity index (χ3n) is 2.43. The largest absolute Gasteiger partial charge is 0.440 e. The van der Waals surface area contributed by atoms with E-state index >= 15 is 0 Å². The molecule has 2 rings (SSSR count). The number of rotatable bonds is 4. The predicted octanol–water partition coefficient (Wildman–Crippen LogP) is 2.35. The van der Waals surface area contributed by atoms with Crippen molar-refractivity contribution < 1.29 is 18.3 Å². The molecule has 0 atom stereocenters. The average Bonchev–Trinajstić information content (AvgIpc) is 2.77. The fourth-order valence-corrected chi connectivity index (χ4v) is 1.72. The lowest BCUT2D eigenvalue weighted by Crippen LogP contribution is -2.35. The zero-order valence-electron chi connectivity index (χ0n) is 9.72. The lowest BCUT2D eigenvalue weighted by Gasteiger charge is -2.22. The normalized spacial score (nSPS) is 14.5. The van der Waals surface area contributed by atoms with Crippen LogP contribution < -0.4 is 0 Å². The molecule has 19 heavy (non-hydrogen) atoms. The van der Waals surface area contributed by atoms with Crippen LogP contribution in [0.15, 0.2) is 23.3 Å². The monoisotopic (exact) mass is 289 g/mol. The summed E-state index contributed by atoms with van der Waals surface area (Å²) in [4.78, 5) is 19.6. The second-order valence-electron chi connectivity index (χ2n) is 3.84. The summed E-state index contributed by atoms with van der Waals surface area (Å²) >= 11 is 5.65.